The third-order valence-electron chi connectivity index (χ3n) is 4.12. The normalized spacial score (nSPS) is 11.5. The van der Waals surface area contributed by atoms with Crippen molar-refractivity contribution in [3.63, 3.8) is 0 Å². The predicted octanol–water partition coefficient (Wildman–Crippen LogP) is 4.72. The smallest absolute Gasteiger partial charge is 0.416 e. The van der Waals surface area contributed by atoms with Gasteiger partial charge in [0.2, 0.25) is 5.88 Å². The monoisotopic (exact) mass is 413 g/mol. The minimum atomic E-state index is -4.53. The van der Waals surface area contributed by atoms with E-state index in [9.17, 15) is 18.0 Å². The van der Waals surface area contributed by atoms with Gasteiger partial charge in [-0.25, -0.2) is 9.97 Å². The number of alkyl halides is 3. The van der Waals surface area contributed by atoms with Gasteiger partial charge in [0.05, 0.1) is 11.9 Å². The third-order valence-corrected chi connectivity index (χ3v) is 4.12. The Bertz CT molecular complexity index is 1240. The van der Waals surface area contributed by atoms with Gasteiger partial charge in [0.25, 0.3) is 5.91 Å². The molecule has 0 bridgehead atoms. The number of imidazole rings is 1. The molecule has 0 spiro atoms. The molecule has 30 heavy (non-hydrogen) atoms. The lowest BCUT2D eigenvalue weighted by Crippen LogP contribution is -2.13. The summed E-state index contributed by atoms with van der Waals surface area (Å²) in [4.78, 5) is 27.8. The van der Waals surface area contributed by atoms with Crippen LogP contribution in [0.25, 0.3) is 11.2 Å². The molecule has 0 saturated heterocycles. The van der Waals surface area contributed by atoms with Crippen LogP contribution >= 0.6 is 0 Å². The first-order valence-electron chi connectivity index (χ1n) is 8.74. The van der Waals surface area contributed by atoms with E-state index in [0.717, 1.165) is 12.1 Å². The van der Waals surface area contributed by atoms with Crippen LogP contribution in [0.3, 0.4) is 0 Å². The lowest BCUT2D eigenvalue weighted by molar-refractivity contribution is -0.137. The molecule has 152 valence electrons. The first kappa shape index (κ1) is 19.4. The number of carbonyl (C=O) groups is 1. The van der Waals surface area contributed by atoms with E-state index in [1.54, 1.807) is 25.1 Å². The maximum Gasteiger partial charge on any atom is 0.416 e. The fourth-order valence-corrected chi connectivity index (χ4v) is 2.77. The number of anilines is 1. The largest absolute Gasteiger partial charge is 0.437 e. The Kier molecular flexibility index (Phi) is 4.82. The molecule has 0 radical (unpaired) electrons. The van der Waals surface area contributed by atoms with E-state index in [0.29, 0.717) is 28.4 Å². The molecule has 0 atom stereocenters. The van der Waals surface area contributed by atoms with E-state index in [-0.39, 0.29) is 11.4 Å². The molecule has 0 aliphatic carbocycles. The summed E-state index contributed by atoms with van der Waals surface area (Å²) < 4.78 is 44.4. The average molecular weight is 413 g/mol. The van der Waals surface area contributed by atoms with E-state index < -0.39 is 17.6 Å². The molecule has 2 heterocycles. The van der Waals surface area contributed by atoms with Gasteiger partial charge in [-0.15, -0.1) is 0 Å². The fourth-order valence-electron chi connectivity index (χ4n) is 2.77. The predicted molar refractivity (Wildman–Crippen MR) is 102 cm³/mol. The topological polar surface area (TPSA) is 92.8 Å². The summed E-state index contributed by atoms with van der Waals surface area (Å²) in [5, 5.41) is 2.57. The van der Waals surface area contributed by atoms with Crippen molar-refractivity contribution >= 4 is 22.8 Å². The van der Waals surface area contributed by atoms with Gasteiger partial charge in [0, 0.05) is 17.3 Å². The van der Waals surface area contributed by atoms with Crippen LogP contribution in [0.5, 0.6) is 11.6 Å². The van der Waals surface area contributed by atoms with E-state index in [4.69, 9.17) is 4.74 Å². The molecule has 0 unspecified atom stereocenters. The fraction of sp³-hybridized carbons (Fsp3) is 0.100. The molecule has 10 heteroatoms. The Morgan fingerprint density at radius 1 is 1.10 bits per heavy atom. The number of amides is 1. The van der Waals surface area contributed by atoms with Crippen molar-refractivity contribution in [2.24, 2.45) is 0 Å². The van der Waals surface area contributed by atoms with Crippen molar-refractivity contribution < 1.29 is 22.7 Å². The zero-order valence-electron chi connectivity index (χ0n) is 15.5. The Labute approximate surface area is 168 Å². The van der Waals surface area contributed by atoms with Gasteiger partial charge in [0.1, 0.15) is 17.1 Å². The first-order valence-corrected chi connectivity index (χ1v) is 8.74. The van der Waals surface area contributed by atoms with Crippen molar-refractivity contribution in [1.29, 1.82) is 0 Å². The highest BCUT2D eigenvalue weighted by Crippen LogP contribution is 2.30. The molecule has 0 saturated carbocycles. The summed E-state index contributed by atoms with van der Waals surface area (Å²) in [6.07, 6.45) is -3.06. The maximum absolute atomic E-state index is 12.9. The van der Waals surface area contributed by atoms with E-state index in [1.165, 1.54) is 24.5 Å². The number of hydrogen-bond acceptors (Lipinski definition) is 5. The van der Waals surface area contributed by atoms with Crippen LogP contribution in [0.4, 0.5) is 18.9 Å². The molecule has 4 rings (SSSR count). The number of rotatable bonds is 4. The third kappa shape index (κ3) is 4.07. The molecular formula is C20H14F3N5O2. The quantitative estimate of drug-likeness (QED) is 0.505. The number of ether oxygens (including phenoxy) is 1. The number of nitrogens with one attached hydrogen (secondary N) is 2. The van der Waals surface area contributed by atoms with Gasteiger partial charge in [-0.3, -0.25) is 4.79 Å². The van der Waals surface area contributed by atoms with E-state index >= 15 is 0 Å². The van der Waals surface area contributed by atoms with Crippen LogP contribution in [-0.4, -0.2) is 25.8 Å². The van der Waals surface area contributed by atoms with Gasteiger partial charge in [0.15, 0.2) is 5.65 Å². The highest BCUT2D eigenvalue weighted by molar-refractivity contribution is 6.04. The van der Waals surface area contributed by atoms with E-state index in [2.05, 4.69) is 25.3 Å². The zero-order valence-corrected chi connectivity index (χ0v) is 15.5. The number of aromatic nitrogens is 4. The molecule has 2 aromatic heterocycles. The second-order valence-electron chi connectivity index (χ2n) is 6.34. The number of aromatic amines is 1. The number of fused-ring (bicyclic) bond motifs is 1. The molecular weight excluding hydrogens is 399 g/mol. The molecule has 2 aromatic carbocycles. The number of nitrogens with zero attached hydrogens (tertiary/aromatic N) is 3. The van der Waals surface area contributed by atoms with Crippen LogP contribution < -0.4 is 10.1 Å². The minimum absolute atomic E-state index is 0.109. The number of aryl methyl sites for hydroxylation is 1. The summed E-state index contributed by atoms with van der Waals surface area (Å²) in [6, 6.07) is 10.6. The zero-order chi connectivity index (χ0) is 21.3. The Balaban J connectivity index is 1.55. The van der Waals surface area contributed by atoms with Crippen LogP contribution in [0, 0.1) is 6.92 Å². The van der Waals surface area contributed by atoms with Gasteiger partial charge >= 0.3 is 6.18 Å². The Morgan fingerprint density at radius 3 is 2.70 bits per heavy atom. The summed E-state index contributed by atoms with van der Waals surface area (Å²) in [5.41, 5.74) is 0.309. The van der Waals surface area contributed by atoms with Gasteiger partial charge < -0.3 is 15.0 Å². The van der Waals surface area contributed by atoms with Crippen LogP contribution in [0.1, 0.15) is 21.7 Å². The summed E-state index contributed by atoms with van der Waals surface area (Å²) in [6.45, 7) is 1.70. The van der Waals surface area contributed by atoms with Crippen LogP contribution in [0.2, 0.25) is 0 Å². The number of hydrogen-bond donors (Lipinski definition) is 2. The minimum Gasteiger partial charge on any atom is -0.437 e. The SMILES string of the molecule is Cc1nc(Oc2cccc(NC(=O)c3cccc(C(F)(F)F)c3)c2)c2[nH]cnc2n1. The lowest BCUT2D eigenvalue weighted by Gasteiger charge is -2.11. The van der Waals surface area contributed by atoms with Gasteiger partial charge in [-0.1, -0.05) is 12.1 Å². The van der Waals surface area contributed by atoms with Crippen LogP contribution in [-0.2, 0) is 6.18 Å². The number of benzene rings is 2. The second kappa shape index (κ2) is 7.47. The molecule has 0 aliphatic rings. The number of carbonyl (C=O) groups excluding carboxylic acids is 1. The van der Waals surface area contributed by atoms with Crippen molar-refractivity contribution in [3.8, 4) is 11.6 Å². The van der Waals surface area contributed by atoms with Crippen molar-refractivity contribution in [1.82, 2.24) is 19.9 Å². The Hall–Kier alpha value is -3.95. The van der Waals surface area contributed by atoms with Crippen molar-refractivity contribution in [2.45, 2.75) is 13.1 Å². The van der Waals surface area contributed by atoms with Crippen LogP contribution in [0.15, 0.2) is 54.9 Å². The highest BCUT2D eigenvalue weighted by atomic mass is 19.4. The van der Waals surface area contributed by atoms with E-state index in [1.807, 2.05) is 0 Å². The molecule has 7 nitrogen and oxygen atoms in total. The number of halogens is 3. The lowest BCUT2D eigenvalue weighted by atomic mass is 10.1. The summed E-state index contributed by atoms with van der Waals surface area (Å²) in [5.74, 6) is 0.424. The molecule has 0 fully saturated rings. The van der Waals surface area contributed by atoms with Crippen molar-refractivity contribution in [3.05, 3.63) is 71.8 Å². The van der Waals surface area contributed by atoms with Gasteiger partial charge in [-0.05, 0) is 37.3 Å². The first-order chi connectivity index (χ1) is 14.3. The molecule has 0 aliphatic heterocycles. The summed E-state index contributed by atoms with van der Waals surface area (Å²) in [7, 11) is 0. The Morgan fingerprint density at radius 2 is 1.90 bits per heavy atom. The standard InChI is InChI=1S/C20H14F3N5O2/c1-11-26-17-16(24-10-25-17)19(27-11)30-15-7-3-6-14(9-15)28-18(29)12-4-2-5-13(8-12)20(21,22)23/h2-10H,1H3,(H,28,29)(H,24,25,26,27). The van der Waals surface area contributed by atoms with Gasteiger partial charge in [-0.2, -0.15) is 18.2 Å². The molecule has 4 aromatic rings. The second-order valence-corrected chi connectivity index (χ2v) is 6.34. The highest BCUT2D eigenvalue weighted by Gasteiger charge is 2.30. The molecule has 2 N–H and O–H groups in total. The number of H-pyrrole nitrogens is 1. The van der Waals surface area contributed by atoms with Crippen molar-refractivity contribution in [2.75, 3.05) is 5.32 Å². The average Bonchev–Trinajstić information content (AvgIpc) is 3.16. The molecule has 1 amide bonds. The maximum atomic E-state index is 12.9. The summed E-state index contributed by atoms with van der Waals surface area (Å²) >= 11 is 0.